The fourth-order valence-corrected chi connectivity index (χ4v) is 3.98. The molecule has 0 aromatic heterocycles. The van der Waals surface area contributed by atoms with Crippen LogP contribution in [0.3, 0.4) is 0 Å². The van der Waals surface area contributed by atoms with Gasteiger partial charge in [0.05, 0.1) is 5.71 Å². The predicted molar refractivity (Wildman–Crippen MR) is 101 cm³/mol. The van der Waals surface area contributed by atoms with Crippen LogP contribution in [0.1, 0.15) is 44.6 Å². The molecule has 0 N–H and O–H groups in total. The minimum Gasteiger partial charge on any atom is -0.457 e. The van der Waals surface area contributed by atoms with Gasteiger partial charge in [-0.3, -0.25) is 0 Å². The van der Waals surface area contributed by atoms with E-state index >= 15 is 0 Å². The van der Waals surface area contributed by atoms with Gasteiger partial charge in [0.1, 0.15) is 17.1 Å². The Morgan fingerprint density at radius 3 is 2.20 bits per heavy atom. The molecule has 3 nitrogen and oxygen atoms in total. The van der Waals surface area contributed by atoms with E-state index in [9.17, 15) is 0 Å². The molecule has 0 amide bonds. The number of halogens is 1. The zero-order valence-electron chi connectivity index (χ0n) is 14.4. The normalized spacial score (nSPS) is 21.7. The van der Waals surface area contributed by atoms with E-state index in [2.05, 4.69) is 24.2 Å². The van der Waals surface area contributed by atoms with Gasteiger partial charge in [-0.05, 0) is 79.8 Å². The molecule has 1 unspecified atom stereocenters. The first kappa shape index (κ1) is 16.5. The van der Waals surface area contributed by atoms with Gasteiger partial charge < -0.3 is 9.57 Å². The average molecular weight is 356 g/mol. The number of rotatable bonds is 3. The van der Waals surface area contributed by atoms with E-state index in [1.54, 1.807) is 0 Å². The van der Waals surface area contributed by atoms with Crippen molar-refractivity contribution < 1.29 is 9.57 Å². The van der Waals surface area contributed by atoms with Gasteiger partial charge in [-0.25, -0.2) is 0 Å². The van der Waals surface area contributed by atoms with Crippen molar-refractivity contribution in [1.29, 1.82) is 0 Å². The zero-order valence-corrected chi connectivity index (χ0v) is 15.1. The van der Waals surface area contributed by atoms with Gasteiger partial charge in [0.2, 0.25) is 0 Å². The zero-order chi connectivity index (χ0) is 17.3. The smallest absolute Gasteiger partial charge is 0.145 e. The largest absolute Gasteiger partial charge is 0.457 e. The highest BCUT2D eigenvalue weighted by Crippen LogP contribution is 2.43. The van der Waals surface area contributed by atoms with Crippen molar-refractivity contribution in [1.82, 2.24) is 0 Å². The fraction of sp³-hybridized carbons (Fsp3) is 0.381. The summed E-state index contributed by atoms with van der Waals surface area (Å²) in [5.74, 6) is 1.90. The van der Waals surface area contributed by atoms with E-state index in [0.29, 0.717) is 10.9 Å². The summed E-state index contributed by atoms with van der Waals surface area (Å²) < 4.78 is 5.86. The second kappa shape index (κ2) is 6.72. The van der Waals surface area contributed by atoms with Crippen LogP contribution in [0.15, 0.2) is 53.7 Å². The fourth-order valence-electron chi connectivity index (χ4n) is 3.86. The van der Waals surface area contributed by atoms with Crippen molar-refractivity contribution in [3.8, 4) is 11.5 Å². The van der Waals surface area contributed by atoms with Crippen molar-refractivity contribution in [2.45, 2.75) is 44.6 Å². The Hall–Kier alpha value is -2.00. The molecule has 4 rings (SSSR count). The highest BCUT2D eigenvalue weighted by atomic mass is 35.5. The van der Waals surface area contributed by atoms with Gasteiger partial charge in [0, 0.05) is 10.9 Å². The minimum atomic E-state index is -0.0773. The standard InChI is InChI=1S/C21H22ClNO2/c1-15-20(23-25-21(15)13-3-2-4-14-21)16-5-9-18(10-6-16)24-19-11-7-17(22)8-12-19/h5-12,15H,2-4,13-14H2,1H3. The van der Waals surface area contributed by atoms with Gasteiger partial charge in [-0.15, -0.1) is 0 Å². The van der Waals surface area contributed by atoms with Crippen molar-refractivity contribution in [3.63, 3.8) is 0 Å². The summed E-state index contributed by atoms with van der Waals surface area (Å²) >= 11 is 5.90. The van der Waals surface area contributed by atoms with Crippen LogP contribution in [0.5, 0.6) is 11.5 Å². The molecular formula is C21H22ClNO2. The van der Waals surface area contributed by atoms with E-state index in [1.807, 2.05) is 36.4 Å². The summed E-state index contributed by atoms with van der Waals surface area (Å²) in [6, 6.07) is 15.4. The van der Waals surface area contributed by atoms with Gasteiger partial charge in [-0.1, -0.05) is 30.1 Å². The van der Waals surface area contributed by atoms with E-state index in [4.69, 9.17) is 21.2 Å². The first-order valence-corrected chi connectivity index (χ1v) is 9.34. The Morgan fingerprint density at radius 1 is 0.960 bits per heavy atom. The maximum Gasteiger partial charge on any atom is 0.145 e. The van der Waals surface area contributed by atoms with Crippen molar-refractivity contribution >= 4 is 17.3 Å². The number of hydrogen-bond donors (Lipinski definition) is 0. The molecule has 130 valence electrons. The van der Waals surface area contributed by atoms with E-state index in [0.717, 1.165) is 35.6 Å². The third-order valence-corrected chi connectivity index (χ3v) is 5.68. The van der Waals surface area contributed by atoms with Crippen LogP contribution >= 0.6 is 11.6 Å². The van der Waals surface area contributed by atoms with Crippen LogP contribution in [0.4, 0.5) is 0 Å². The molecule has 0 bridgehead atoms. The van der Waals surface area contributed by atoms with Gasteiger partial charge in [0.15, 0.2) is 0 Å². The van der Waals surface area contributed by atoms with Crippen molar-refractivity contribution in [3.05, 3.63) is 59.1 Å². The maximum absolute atomic E-state index is 5.94. The molecule has 25 heavy (non-hydrogen) atoms. The highest BCUT2D eigenvalue weighted by Gasteiger charge is 2.46. The van der Waals surface area contributed by atoms with Crippen molar-refractivity contribution in [2.75, 3.05) is 0 Å². The first-order valence-electron chi connectivity index (χ1n) is 8.96. The maximum atomic E-state index is 5.94. The molecule has 1 heterocycles. The van der Waals surface area contributed by atoms with E-state index in [1.165, 1.54) is 19.3 Å². The summed E-state index contributed by atoms with van der Waals surface area (Å²) in [6.07, 6.45) is 6.00. The van der Waals surface area contributed by atoms with Crippen LogP contribution in [0.2, 0.25) is 5.02 Å². The molecule has 2 aromatic carbocycles. The third kappa shape index (κ3) is 3.25. The van der Waals surface area contributed by atoms with Gasteiger partial charge >= 0.3 is 0 Å². The molecule has 2 aromatic rings. The molecule has 1 atom stereocenters. The third-order valence-electron chi connectivity index (χ3n) is 5.42. The molecule has 1 saturated carbocycles. The number of ether oxygens (including phenoxy) is 1. The lowest BCUT2D eigenvalue weighted by Crippen LogP contribution is -2.39. The molecule has 1 fully saturated rings. The first-order chi connectivity index (χ1) is 12.2. The number of benzene rings is 2. The number of nitrogens with zero attached hydrogens (tertiary/aromatic N) is 1. The summed E-state index contributed by atoms with van der Waals surface area (Å²) in [6.45, 7) is 2.25. The Balaban J connectivity index is 1.48. The monoisotopic (exact) mass is 355 g/mol. The van der Waals surface area contributed by atoms with Crippen LogP contribution in [0.25, 0.3) is 0 Å². The summed E-state index contributed by atoms with van der Waals surface area (Å²) in [5.41, 5.74) is 2.09. The second-order valence-corrected chi connectivity index (χ2v) is 7.43. The lowest BCUT2D eigenvalue weighted by molar-refractivity contribution is -0.0667. The van der Waals surface area contributed by atoms with Crippen LogP contribution < -0.4 is 4.74 Å². The molecule has 4 heteroatoms. The SMILES string of the molecule is CC1C(c2ccc(Oc3ccc(Cl)cc3)cc2)=NOC12CCCCC2. The highest BCUT2D eigenvalue weighted by molar-refractivity contribution is 6.30. The quantitative estimate of drug-likeness (QED) is 0.655. The molecule has 1 aliphatic carbocycles. The summed E-state index contributed by atoms with van der Waals surface area (Å²) in [4.78, 5) is 5.94. The topological polar surface area (TPSA) is 30.8 Å². The van der Waals surface area contributed by atoms with E-state index in [-0.39, 0.29) is 5.60 Å². The second-order valence-electron chi connectivity index (χ2n) is 7.00. The average Bonchev–Trinajstić information content (AvgIpc) is 2.95. The van der Waals surface area contributed by atoms with Crippen molar-refractivity contribution in [2.24, 2.45) is 11.1 Å². The molecule has 1 spiro atoms. The minimum absolute atomic E-state index is 0.0773. The van der Waals surface area contributed by atoms with E-state index < -0.39 is 0 Å². The Kier molecular flexibility index (Phi) is 4.43. The van der Waals surface area contributed by atoms with Crippen LogP contribution in [-0.2, 0) is 4.84 Å². The molecule has 1 aliphatic heterocycles. The molecule has 2 aliphatic rings. The lowest BCUT2D eigenvalue weighted by Gasteiger charge is -2.34. The molecule has 0 saturated heterocycles. The van der Waals surface area contributed by atoms with Crippen LogP contribution in [0, 0.1) is 5.92 Å². The van der Waals surface area contributed by atoms with Gasteiger partial charge in [-0.2, -0.15) is 0 Å². The Labute approximate surface area is 153 Å². The number of oxime groups is 1. The molecule has 0 radical (unpaired) electrons. The van der Waals surface area contributed by atoms with Gasteiger partial charge in [0.25, 0.3) is 0 Å². The molecular weight excluding hydrogens is 334 g/mol. The predicted octanol–water partition coefficient (Wildman–Crippen LogP) is 6.21. The lowest BCUT2D eigenvalue weighted by atomic mass is 9.74. The summed E-state index contributed by atoms with van der Waals surface area (Å²) in [7, 11) is 0. The summed E-state index contributed by atoms with van der Waals surface area (Å²) in [5, 5.41) is 5.15. The number of hydrogen-bond acceptors (Lipinski definition) is 3. The van der Waals surface area contributed by atoms with Crippen LogP contribution in [-0.4, -0.2) is 11.3 Å². The Morgan fingerprint density at radius 2 is 1.56 bits per heavy atom. The Bertz CT molecular complexity index is 761.